The number of nitrogens with two attached hydrogens (primary N) is 1. The third kappa shape index (κ3) is 7.46. The van der Waals surface area contributed by atoms with Crippen LogP contribution in [0.1, 0.15) is 38.8 Å². The van der Waals surface area contributed by atoms with Crippen molar-refractivity contribution in [2.75, 3.05) is 18.6 Å². The van der Waals surface area contributed by atoms with Gasteiger partial charge in [-0.15, -0.1) is 0 Å². The number of aliphatic carboxylic acids is 1. The Kier molecular flexibility index (Phi) is 10.2. The van der Waals surface area contributed by atoms with Crippen LogP contribution in [-0.2, 0) is 25.6 Å². The Morgan fingerprint density at radius 3 is 2.61 bits per heavy atom. The van der Waals surface area contributed by atoms with Gasteiger partial charge in [0.15, 0.2) is 0 Å². The van der Waals surface area contributed by atoms with Crippen LogP contribution in [-0.4, -0.2) is 86.4 Å². The third-order valence-corrected chi connectivity index (χ3v) is 6.27. The molecular formula is C21H34N6O5S. The van der Waals surface area contributed by atoms with Gasteiger partial charge in [0.05, 0.1) is 12.4 Å². The first kappa shape index (κ1) is 26.7. The molecule has 11 nitrogen and oxygen atoms in total. The van der Waals surface area contributed by atoms with Crippen molar-refractivity contribution in [2.24, 2.45) is 11.7 Å². The lowest BCUT2D eigenvalue weighted by molar-refractivity contribution is -0.149. The molecule has 2 rings (SSSR count). The molecule has 0 saturated carbocycles. The molecule has 0 radical (unpaired) electrons. The maximum absolute atomic E-state index is 13.1. The van der Waals surface area contributed by atoms with Gasteiger partial charge in [0.25, 0.3) is 0 Å². The summed E-state index contributed by atoms with van der Waals surface area (Å²) in [6.45, 7) is 3.91. The summed E-state index contributed by atoms with van der Waals surface area (Å²) in [6.07, 6.45) is 6.53. The average Bonchev–Trinajstić information content (AvgIpc) is 3.45. The minimum absolute atomic E-state index is 0.235. The molecule has 1 fully saturated rings. The zero-order chi connectivity index (χ0) is 24.5. The summed E-state index contributed by atoms with van der Waals surface area (Å²) in [7, 11) is 0. The molecule has 0 spiro atoms. The molecule has 1 aliphatic rings. The number of nitrogens with one attached hydrogen (secondary N) is 3. The number of thioether (sulfide) groups is 1. The van der Waals surface area contributed by atoms with Gasteiger partial charge in [-0.25, -0.2) is 9.78 Å². The lowest BCUT2D eigenvalue weighted by atomic mass is 10.0. The minimum Gasteiger partial charge on any atom is -0.480 e. The van der Waals surface area contributed by atoms with Gasteiger partial charge in [-0.3, -0.25) is 14.4 Å². The van der Waals surface area contributed by atoms with Crippen LogP contribution in [0.25, 0.3) is 0 Å². The fraction of sp³-hybridized carbons (Fsp3) is 0.667. The van der Waals surface area contributed by atoms with E-state index < -0.39 is 47.9 Å². The summed E-state index contributed by atoms with van der Waals surface area (Å²) in [6, 6.07) is -3.54. The highest BCUT2D eigenvalue weighted by molar-refractivity contribution is 7.98. The molecular weight excluding hydrogens is 448 g/mol. The Bertz CT molecular complexity index is 818. The van der Waals surface area contributed by atoms with Crippen LogP contribution < -0.4 is 16.4 Å². The van der Waals surface area contributed by atoms with Crippen LogP contribution in [0.15, 0.2) is 12.5 Å². The molecule has 1 aromatic heterocycles. The number of nitrogens with zero attached hydrogens (tertiary/aromatic N) is 2. The number of carbonyl (C=O) groups is 4. The molecule has 4 atom stereocenters. The lowest BCUT2D eigenvalue weighted by Crippen LogP contribution is -2.58. The summed E-state index contributed by atoms with van der Waals surface area (Å²) in [5.74, 6) is -2.10. The lowest BCUT2D eigenvalue weighted by Gasteiger charge is -2.29. The van der Waals surface area contributed by atoms with E-state index in [0.717, 1.165) is 0 Å². The first-order valence-electron chi connectivity index (χ1n) is 11.0. The van der Waals surface area contributed by atoms with Gasteiger partial charge in [-0.2, -0.15) is 11.8 Å². The van der Waals surface area contributed by atoms with E-state index in [1.165, 1.54) is 23.0 Å². The summed E-state index contributed by atoms with van der Waals surface area (Å²) < 4.78 is 0. The standard InChI is InChI=1S/C21H34N6O5S/c1-12(2)17(26-18(28)14(22)9-13-10-23-11-24-13)19(29)25-15(6-8-33-3)20(30)27-7-4-5-16(27)21(31)32/h10-12,14-17H,4-9,22H2,1-3H3,(H,23,24)(H,25,29)(H,26,28)(H,31,32). The van der Waals surface area contributed by atoms with Crippen LogP contribution in [0.3, 0.4) is 0 Å². The summed E-state index contributed by atoms with van der Waals surface area (Å²) in [5, 5.41) is 14.9. The SMILES string of the molecule is CSCCC(NC(=O)C(NC(=O)C(N)Cc1cnc[nH]1)C(C)C)C(=O)N1CCCC1C(=O)O. The number of carboxylic acids is 1. The molecule has 2 heterocycles. The van der Waals surface area contributed by atoms with E-state index >= 15 is 0 Å². The molecule has 184 valence electrons. The minimum atomic E-state index is -1.05. The normalized spacial score (nSPS) is 18.6. The van der Waals surface area contributed by atoms with Gasteiger partial charge in [0.2, 0.25) is 17.7 Å². The van der Waals surface area contributed by atoms with Crippen molar-refractivity contribution in [3.05, 3.63) is 18.2 Å². The second-order valence-electron chi connectivity index (χ2n) is 8.49. The van der Waals surface area contributed by atoms with Crippen molar-refractivity contribution in [1.82, 2.24) is 25.5 Å². The van der Waals surface area contributed by atoms with Gasteiger partial charge in [0, 0.05) is 24.9 Å². The molecule has 33 heavy (non-hydrogen) atoms. The number of aromatic amines is 1. The predicted octanol–water partition coefficient (Wildman–Crippen LogP) is -0.266. The zero-order valence-corrected chi connectivity index (χ0v) is 20.1. The largest absolute Gasteiger partial charge is 0.480 e. The number of hydrogen-bond donors (Lipinski definition) is 5. The van der Waals surface area contributed by atoms with Crippen LogP contribution in [0.5, 0.6) is 0 Å². The molecule has 6 N–H and O–H groups in total. The first-order valence-corrected chi connectivity index (χ1v) is 12.4. The second-order valence-corrected chi connectivity index (χ2v) is 9.47. The molecule has 1 saturated heterocycles. The van der Waals surface area contributed by atoms with Gasteiger partial charge in [-0.05, 0) is 37.2 Å². The van der Waals surface area contributed by atoms with Crippen molar-refractivity contribution in [3.63, 3.8) is 0 Å². The van der Waals surface area contributed by atoms with Crippen molar-refractivity contribution >= 4 is 35.5 Å². The van der Waals surface area contributed by atoms with Crippen molar-refractivity contribution in [2.45, 2.75) is 63.7 Å². The Morgan fingerprint density at radius 2 is 2.03 bits per heavy atom. The van der Waals surface area contributed by atoms with Crippen LogP contribution in [0.2, 0.25) is 0 Å². The molecule has 3 amide bonds. The number of amides is 3. The Labute approximate surface area is 197 Å². The van der Waals surface area contributed by atoms with E-state index in [2.05, 4.69) is 20.6 Å². The van der Waals surface area contributed by atoms with E-state index in [4.69, 9.17) is 5.73 Å². The van der Waals surface area contributed by atoms with Crippen LogP contribution >= 0.6 is 11.8 Å². The number of aromatic nitrogens is 2. The van der Waals surface area contributed by atoms with Gasteiger partial charge >= 0.3 is 5.97 Å². The Hall–Kier alpha value is -2.60. The number of carboxylic acid groups (broad SMARTS) is 1. The fourth-order valence-corrected chi connectivity index (χ4v) is 4.23. The van der Waals surface area contributed by atoms with Crippen molar-refractivity contribution < 1.29 is 24.3 Å². The van der Waals surface area contributed by atoms with Crippen molar-refractivity contribution in [3.8, 4) is 0 Å². The molecule has 1 aliphatic heterocycles. The smallest absolute Gasteiger partial charge is 0.326 e. The Morgan fingerprint density at radius 1 is 1.30 bits per heavy atom. The fourth-order valence-electron chi connectivity index (χ4n) is 3.76. The molecule has 0 bridgehead atoms. The molecule has 0 aliphatic carbocycles. The van der Waals surface area contributed by atoms with E-state index in [9.17, 15) is 24.3 Å². The summed E-state index contributed by atoms with van der Waals surface area (Å²) in [5.41, 5.74) is 6.69. The Balaban J connectivity index is 2.07. The number of carbonyl (C=O) groups excluding carboxylic acids is 3. The molecule has 1 aromatic rings. The molecule has 4 unspecified atom stereocenters. The van der Waals surface area contributed by atoms with Crippen LogP contribution in [0.4, 0.5) is 0 Å². The van der Waals surface area contributed by atoms with E-state index in [1.54, 1.807) is 20.0 Å². The van der Waals surface area contributed by atoms with E-state index in [1.807, 2.05) is 6.26 Å². The number of H-pyrrole nitrogens is 1. The van der Waals surface area contributed by atoms with Gasteiger partial charge in [-0.1, -0.05) is 13.8 Å². The third-order valence-electron chi connectivity index (χ3n) is 5.62. The highest BCUT2D eigenvalue weighted by Crippen LogP contribution is 2.20. The zero-order valence-electron chi connectivity index (χ0n) is 19.2. The van der Waals surface area contributed by atoms with E-state index in [-0.39, 0.29) is 12.3 Å². The van der Waals surface area contributed by atoms with Gasteiger partial charge < -0.3 is 31.4 Å². The maximum atomic E-state index is 13.1. The highest BCUT2D eigenvalue weighted by atomic mass is 32.2. The highest BCUT2D eigenvalue weighted by Gasteiger charge is 2.38. The topological polar surface area (TPSA) is 171 Å². The summed E-state index contributed by atoms with van der Waals surface area (Å²) >= 11 is 1.52. The van der Waals surface area contributed by atoms with Crippen LogP contribution in [0, 0.1) is 5.92 Å². The first-order chi connectivity index (χ1) is 15.6. The number of rotatable bonds is 12. The molecule has 0 aromatic carbocycles. The monoisotopic (exact) mass is 482 g/mol. The quantitative estimate of drug-likeness (QED) is 0.271. The number of imidazole rings is 1. The predicted molar refractivity (Wildman–Crippen MR) is 124 cm³/mol. The molecule has 12 heteroatoms. The summed E-state index contributed by atoms with van der Waals surface area (Å²) in [4.78, 5) is 58.5. The number of likely N-dealkylation sites (tertiary alicyclic amines) is 1. The maximum Gasteiger partial charge on any atom is 0.326 e. The van der Waals surface area contributed by atoms with E-state index in [0.29, 0.717) is 37.3 Å². The number of hydrogen-bond acceptors (Lipinski definition) is 7. The average molecular weight is 483 g/mol. The van der Waals surface area contributed by atoms with Gasteiger partial charge in [0.1, 0.15) is 18.1 Å². The second kappa shape index (κ2) is 12.6. The van der Waals surface area contributed by atoms with Crippen molar-refractivity contribution in [1.29, 1.82) is 0 Å².